The van der Waals surface area contributed by atoms with E-state index in [1.807, 2.05) is 30.3 Å². The van der Waals surface area contributed by atoms with Crippen LogP contribution in [0.2, 0.25) is 0 Å². The number of carboxylic acids is 1. The van der Waals surface area contributed by atoms with Crippen molar-refractivity contribution in [1.29, 1.82) is 0 Å². The number of carboxylic acid groups (broad SMARTS) is 1. The number of rotatable bonds is 6. The standard InChI is InChI=1S/C17H23NO4/c19-16(20)17-12-18(10-15(17)6-8-22-13-17)7-9-21-11-14-4-2-1-3-5-14/h1-5,15H,6-13H2,(H,19,20)/t15-,17+/m0/s1. The molecule has 0 radical (unpaired) electrons. The molecule has 0 bridgehead atoms. The Morgan fingerprint density at radius 2 is 2.23 bits per heavy atom. The van der Waals surface area contributed by atoms with E-state index in [9.17, 15) is 9.90 Å². The number of nitrogens with zero attached hydrogens (tertiary/aromatic N) is 1. The van der Waals surface area contributed by atoms with Gasteiger partial charge in [0.2, 0.25) is 0 Å². The summed E-state index contributed by atoms with van der Waals surface area (Å²) in [6.07, 6.45) is 0.841. The van der Waals surface area contributed by atoms with Gasteiger partial charge in [0.15, 0.2) is 0 Å². The van der Waals surface area contributed by atoms with E-state index in [4.69, 9.17) is 9.47 Å². The number of likely N-dealkylation sites (tertiary alicyclic amines) is 1. The van der Waals surface area contributed by atoms with Crippen molar-refractivity contribution in [2.75, 3.05) is 39.5 Å². The van der Waals surface area contributed by atoms with Gasteiger partial charge in [0, 0.05) is 26.2 Å². The molecule has 5 heteroatoms. The number of aliphatic carboxylic acids is 1. The zero-order chi connectivity index (χ0) is 15.4. The average Bonchev–Trinajstić information content (AvgIpc) is 2.92. The second-order valence-corrected chi connectivity index (χ2v) is 6.27. The van der Waals surface area contributed by atoms with Crippen LogP contribution < -0.4 is 0 Å². The topological polar surface area (TPSA) is 59.0 Å². The Balaban J connectivity index is 1.47. The maximum Gasteiger partial charge on any atom is 0.313 e. The van der Waals surface area contributed by atoms with E-state index in [1.165, 1.54) is 0 Å². The minimum atomic E-state index is -0.718. The van der Waals surface area contributed by atoms with Gasteiger partial charge in [-0.15, -0.1) is 0 Å². The van der Waals surface area contributed by atoms with Gasteiger partial charge in [-0.05, 0) is 17.9 Å². The highest BCUT2D eigenvalue weighted by molar-refractivity contribution is 5.76. The van der Waals surface area contributed by atoms with Crippen LogP contribution in [0.3, 0.4) is 0 Å². The van der Waals surface area contributed by atoms with Crippen molar-refractivity contribution >= 4 is 5.97 Å². The van der Waals surface area contributed by atoms with Gasteiger partial charge >= 0.3 is 5.97 Å². The molecular formula is C17H23NO4. The molecule has 0 amide bonds. The number of hydrogen-bond acceptors (Lipinski definition) is 4. The fraction of sp³-hybridized carbons (Fsp3) is 0.588. The summed E-state index contributed by atoms with van der Waals surface area (Å²) < 4.78 is 11.1. The van der Waals surface area contributed by atoms with Gasteiger partial charge < -0.3 is 14.6 Å². The number of hydrogen-bond donors (Lipinski definition) is 1. The minimum absolute atomic E-state index is 0.202. The van der Waals surface area contributed by atoms with E-state index in [-0.39, 0.29) is 5.92 Å². The van der Waals surface area contributed by atoms with E-state index in [1.54, 1.807) is 0 Å². The van der Waals surface area contributed by atoms with E-state index in [0.717, 1.165) is 25.1 Å². The molecule has 0 unspecified atom stereocenters. The van der Waals surface area contributed by atoms with Gasteiger partial charge in [0.25, 0.3) is 0 Å². The summed E-state index contributed by atoms with van der Waals surface area (Å²) in [7, 11) is 0. The Bertz CT molecular complexity index is 507. The average molecular weight is 305 g/mol. The Kier molecular flexibility index (Phi) is 4.76. The summed E-state index contributed by atoms with van der Waals surface area (Å²) >= 11 is 0. The lowest BCUT2D eigenvalue weighted by Gasteiger charge is -2.34. The highest BCUT2D eigenvalue weighted by Crippen LogP contribution is 2.41. The second-order valence-electron chi connectivity index (χ2n) is 6.27. The number of fused-ring (bicyclic) bond motifs is 1. The van der Waals surface area contributed by atoms with E-state index in [0.29, 0.717) is 33.0 Å². The SMILES string of the molecule is O=C(O)[C@]12COCC[C@H]1CN(CCOCc1ccccc1)C2. The van der Waals surface area contributed by atoms with Gasteiger partial charge in [0.05, 0.1) is 19.8 Å². The first-order chi connectivity index (χ1) is 10.7. The molecule has 2 heterocycles. The Morgan fingerprint density at radius 1 is 1.41 bits per heavy atom. The summed E-state index contributed by atoms with van der Waals surface area (Å²) in [5.41, 5.74) is 0.450. The van der Waals surface area contributed by atoms with Crippen molar-refractivity contribution in [3.05, 3.63) is 35.9 Å². The second kappa shape index (κ2) is 6.77. The van der Waals surface area contributed by atoms with Crippen LogP contribution in [-0.2, 0) is 20.9 Å². The normalized spacial score (nSPS) is 28.5. The first-order valence-electron chi connectivity index (χ1n) is 7.86. The maximum atomic E-state index is 11.7. The van der Waals surface area contributed by atoms with Crippen LogP contribution in [0.1, 0.15) is 12.0 Å². The summed E-state index contributed by atoms with van der Waals surface area (Å²) in [5.74, 6) is -0.516. The predicted octanol–water partition coefficient (Wildman–Crippen LogP) is 1.63. The van der Waals surface area contributed by atoms with Crippen molar-refractivity contribution in [2.45, 2.75) is 13.0 Å². The quantitative estimate of drug-likeness (QED) is 0.810. The van der Waals surface area contributed by atoms with Gasteiger partial charge in [-0.2, -0.15) is 0 Å². The monoisotopic (exact) mass is 305 g/mol. The van der Waals surface area contributed by atoms with Gasteiger partial charge in [0.1, 0.15) is 5.41 Å². The van der Waals surface area contributed by atoms with Crippen molar-refractivity contribution < 1.29 is 19.4 Å². The molecular weight excluding hydrogens is 282 g/mol. The van der Waals surface area contributed by atoms with Crippen LogP contribution in [0.15, 0.2) is 30.3 Å². The largest absolute Gasteiger partial charge is 0.481 e. The van der Waals surface area contributed by atoms with Crippen molar-refractivity contribution in [2.24, 2.45) is 11.3 Å². The van der Waals surface area contributed by atoms with Crippen molar-refractivity contribution in [3.63, 3.8) is 0 Å². The zero-order valence-corrected chi connectivity index (χ0v) is 12.7. The third-order valence-electron chi connectivity index (χ3n) is 4.83. The number of ether oxygens (including phenoxy) is 2. The molecule has 120 valence electrons. The lowest BCUT2D eigenvalue weighted by atomic mass is 9.76. The van der Waals surface area contributed by atoms with Crippen LogP contribution in [0.4, 0.5) is 0 Å². The lowest BCUT2D eigenvalue weighted by Crippen LogP contribution is -2.46. The Morgan fingerprint density at radius 3 is 2.95 bits per heavy atom. The fourth-order valence-electron chi connectivity index (χ4n) is 3.52. The molecule has 1 aromatic rings. The first kappa shape index (κ1) is 15.5. The predicted molar refractivity (Wildman–Crippen MR) is 81.5 cm³/mol. The van der Waals surface area contributed by atoms with E-state index >= 15 is 0 Å². The minimum Gasteiger partial charge on any atom is -0.481 e. The molecule has 1 aromatic carbocycles. The summed E-state index contributed by atoms with van der Waals surface area (Å²) in [6, 6.07) is 10.1. The molecule has 1 N–H and O–H groups in total. The molecule has 22 heavy (non-hydrogen) atoms. The molecule has 0 aliphatic carbocycles. The van der Waals surface area contributed by atoms with Crippen molar-refractivity contribution in [1.82, 2.24) is 4.90 Å². The molecule has 2 aliphatic heterocycles. The third kappa shape index (κ3) is 3.16. The van der Waals surface area contributed by atoms with Gasteiger partial charge in [-0.25, -0.2) is 0 Å². The van der Waals surface area contributed by atoms with E-state index < -0.39 is 11.4 Å². The van der Waals surface area contributed by atoms with Crippen LogP contribution in [0.25, 0.3) is 0 Å². The van der Waals surface area contributed by atoms with Gasteiger partial charge in [-0.3, -0.25) is 9.69 Å². The molecule has 2 fully saturated rings. The maximum absolute atomic E-state index is 11.7. The third-order valence-corrected chi connectivity index (χ3v) is 4.83. The van der Waals surface area contributed by atoms with Crippen LogP contribution in [0.5, 0.6) is 0 Å². The molecule has 5 nitrogen and oxygen atoms in total. The Hall–Kier alpha value is -1.43. The number of carbonyl (C=O) groups is 1. The first-order valence-corrected chi connectivity index (χ1v) is 7.86. The lowest BCUT2D eigenvalue weighted by molar-refractivity contribution is -0.159. The number of benzene rings is 1. The molecule has 0 spiro atoms. The van der Waals surface area contributed by atoms with Crippen molar-refractivity contribution in [3.8, 4) is 0 Å². The Labute approximate surface area is 130 Å². The molecule has 2 atom stereocenters. The zero-order valence-electron chi connectivity index (χ0n) is 12.7. The summed E-state index contributed by atoms with van der Waals surface area (Å²) in [6.45, 7) is 4.43. The van der Waals surface area contributed by atoms with Gasteiger partial charge in [-0.1, -0.05) is 30.3 Å². The molecule has 3 rings (SSSR count). The highest BCUT2D eigenvalue weighted by atomic mass is 16.5. The van der Waals surface area contributed by atoms with E-state index in [2.05, 4.69) is 4.90 Å². The molecule has 2 aliphatic rings. The fourth-order valence-corrected chi connectivity index (χ4v) is 3.52. The highest BCUT2D eigenvalue weighted by Gasteiger charge is 2.53. The summed E-state index contributed by atoms with van der Waals surface area (Å²) in [4.78, 5) is 13.9. The van der Waals surface area contributed by atoms with Crippen LogP contribution in [-0.4, -0.2) is 55.4 Å². The van der Waals surface area contributed by atoms with Crippen LogP contribution in [0, 0.1) is 11.3 Å². The molecule has 0 saturated carbocycles. The van der Waals surface area contributed by atoms with Crippen LogP contribution >= 0.6 is 0 Å². The smallest absolute Gasteiger partial charge is 0.313 e. The molecule has 0 aromatic heterocycles. The molecule has 2 saturated heterocycles. The summed E-state index contributed by atoms with van der Waals surface area (Å²) in [5, 5.41) is 9.60.